The van der Waals surface area contributed by atoms with Crippen LogP contribution in [0, 0.1) is 0 Å². The van der Waals surface area contributed by atoms with Crippen molar-refractivity contribution in [2.24, 2.45) is 0 Å². The molecule has 8 heteroatoms. The van der Waals surface area contributed by atoms with Crippen molar-refractivity contribution in [3.63, 3.8) is 0 Å². The van der Waals surface area contributed by atoms with E-state index in [1.54, 1.807) is 25.7 Å². The number of nitrogens with one attached hydrogen (secondary N) is 1. The first-order valence-corrected chi connectivity index (χ1v) is 7.68. The highest BCUT2D eigenvalue weighted by molar-refractivity contribution is 9.10. The zero-order chi connectivity index (χ0) is 15.5. The average molecular weight is 365 g/mol. The largest absolute Gasteiger partial charge is 0.377 e. The number of halogens is 1. The van der Waals surface area contributed by atoms with Gasteiger partial charge in [-0.05, 0) is 28.1 Å². The lowest BCUT2D eigenvalue weighted by molar-refractivity contribution is 0.113. The maximum atomic E-state index is 5.66. The average Bonchev–Trinajstić information content (AvgIpc) is 2.90. The third kappa shape index (κ3) is 3.28. The quantitative estimate of drug-likeness (QED) is 0.849. The Balaban J connectivity index is 1.75. The van der Waals surface area contributed by atoms with Crippen molar-refractivity contribution >= 4 is 33.4 Å². The summed E-state index contributed by atoms with van der Waals surface area (Å²) >= 11 is 3.43. The molecule has 1 fully saturated rings. The first-order chi connectivity index (χ1) is 10.7. The van der Waals surface area contributed by atoms with Crippen molar-refractivity contribution in [1.82, 2.24) is 15.0 Å². The highest BCUT2D eigenvalue weighted by Crippen LogP contribution is 2.23. The summed E-state index contributed by atoms with van der Waals surface area (Å²) in [5, 5.41) is 3.46. The zero-order valence-corrected chi connectivity index (χ0v) is 13.7. The van der Waals surface area contributed by atoms with Gasteiger partial charge in [0.15, 0.2) is 0 Å². The third-order valence-electron chi connectivity index (χ3n) is 3.61. The van der Waals surface area contributed by atoms with E-state index in [4.69, 9.17) is 10.5 Å². The molecule has 0 aliphatic carbocycles. The maximum Gasteiger partial charge on any atom is 0.221 e. The number of pyridine rings is 1. The summed E-state index contributed by atoms with van der Waals surface area (Å²) in [4.78, 5) is 14.5. The molecule has 1 saturated heterocycles. The van der Waals surface area contributed by atoms with Gasteiger partial charge in [0.2, 0.25) is 5.95 Å². The van der Waals surface area contributed by atoms with Crippen molar-refractivity contribution in [3.05, 3.63) is 35.2 Å². The molecule has 2 aromatic rings. The molecular weight excluding hydrogens is 348 g/mol. The Morgan fingerprint density at radius 1 is 1.41 bits per heavy atom. The summed E-state index contributed by atoms with van der Waals surface area (Å²) in [5.74, 6) is 1.09. The summed E-state index contributed by atoms with van der Waals surface area (Å²) in [5.41, 5.74) is 6.61. The standard InChI is InChI=1S/C14H17BrN6O/c1-22-12-8-21(13-2-3-18-14(16)20-13)7-11(12)19-10-4-9(15)5-17-6-10/h2-6,11-12,19H,7-8H2,1H3,(H2,16,18,20)/t11-,12+/m0/s1. The Kier molecular flexibility index (Phi) is 4.39. The molecule has 3 heterocycles. The van der Waals surface area contributed by atoms with Crippen molar-refractivity contribution < 1.29 is 4.74 Å². The van der Waals surface area contributed by atoms with Gasteiger partial charge < -0.3 is 20.7 Å². The van der Waals surface area contributed by atoms with Crippen LogP contribution in [0.2, 0.25) is 0 Å². The van der Waals surface area contributed by atoms with E-state index in [1.807, 2.05) is 12.1 Å². The molecular formula is C14H17BrN6O. The van der Waals surface area contributed by atoms with E-state index in [9.17, 15) is 0 Å². The minimum absolute atomic E-state index is 0.0511. The minimum Gasteiger partial charge on any atom is -0.377 e. The van der Waals surface area contributed by atoms with Crippen LogP contribution in [0.3, 0.4) is 0 Å². The summed E-state index contributed by atoms with van der Waals surface area (Å²) in [7, 11) is 1.72. The fraction of sp³-hybridized carbons (Fsp3) is 0.357. The van der Waals surface area contributed by atoms with Crippen molar-refractivity contribution in [2.75, 3.05) is 36.1 Å². The van der Waals surface area contributed by atoms with Crippen LogP contribution in [0.25, 0.3) is 0 Å². The Morgan fingerprint density at radius 2 is 2.27 bits per heavy atom. The van der Waals surface area contributed by atoms with E-state index in [0.717, 1.165) is 29.1 Å². The summed E-state index contributed by atoms with van der Waals surface area (Å²) in [6, 6.07) is 3.98. The number of nitrogen functional groups attached to an aromatic ring is 1. The normalized spacial score (nSPS) is 21.1. The molecule has 0 saturated carbocycles. The smallest absolute Gasteiger partial charge is 0.221 e. The summed E-state index contributed by atoms with van der Waals surface area (Å²) in [6.07, 6.45) is 5.26. The lowest BCUT2D eigenvalue weighted by atomic mass is 10.2. The number of methoxy groups -OCH3 is 1. The van der Waals surface area contributed by atoms with E-state index >= 15 is 0 Å². The molecule has 0 spiro atoms. The van der Waals surface area contributed by atoms with Crippen LogP contribution in [-0.4, -0.2) is 47.3 Å². The van der Waals surface area contributed by atoms with Crippen LogP contribution in [0.1, 0.15) is 0 Å². The highest BCUT2D eigenvalue weighted by Gasteiger charge is 2.33. The molecule has 0 bridgehead atoms. The molecule has 3 rings (SSSR count). The van der Waals surface area contributed by atoms with E-state index in [1.165, 1.54) is 0 Å². The van der Waals surface area contributed by atoms with Crippen LogP contribution >= 0.6 is 15.9 Å². The molecule has 0 aromatic carbocycles. The van der Waals surface area contributed by atoms with Crippen molar-refractivity contribution in [2.45, 2.75) is 12.1 Å². The fourth-order valence-corrected chi connectivity index (χ4v) is 2.95. The molecule has 2 aromatic heterocycles. The van der Waals surface area contributed by atoms with Gasteiger partial charge in [-0.3, -0.25) is 4.98 Å². The van der Waals surface area contributed by atoms with Gasteiger partial charge in [0.1, 0.15) is 5.82 Å². The fourth-order valence-electron chi connectivity index (χ4n) is 2.58. The van der Waals surface area contributed by atoms with Crippen LogP contribution in [0.5, 0.6) is 0 Å². The van der Waals surface area contributed by atoms with Crippen LogP contribution in [0.4, 0.5) is 17.5 Å². The Labute approximate surface area is 137 Å². The second kappa shape index (κ2) is 6.45. The number of nitrogens with two attached hydrogens (primary N) is 1. The van der Waals surface area contributed by atoms with Gasteiger partial charge in [-0.2, -0.15) is 4.98 Å². The number of ether oxygens (including phenoxy) is 1. The number of aromatic nitrogens is 3. The second-order valence-electron chi connectivity index (χ2n) is 5.09. The molecule has 0 unspecified atom stereocenters. The monoisotopic (exact) mass is 364 g/mol. The number of anilines is 3. The highest BCUT2D eigenvalue weighted by atomic mass is 79.9. The third-order valence-corrected chi connectivity index (χ3v) is 4.04. The molecule has 1 aliphatic heterocycles. The lowest BCUT2D eigenvalue weighted by Gasteiger charge is -2.19. The Morgan fingerprint density at radius 3 is 3.00 bits per heavy atom. The first kappa shape index (κ1) is 15.0. The topological polar surface area (TPSA) is 89.2 Å². The zero-order valence-electron chi connectivity index (χ0n) is 12.1. The van der Waals surface area contributed by atoms with Gasteiger partial charge in [-0.1, -0.05) is 0 Å². The number of rotatable bonds is 4. The van der Waals surface area contributed by atoms with Gasteiger partial charge in [-0.15, -0.1) is 0 Å². The molecule has 22 heavy (non-hydrogen) atoms. The summed E-state index contributed by atoms with van der Waals surface area (Å²) in [6.45, 7) is 1.51. The number of nitrogens with zero attached hydrogens (tertiary/aromatic N) is 4. The number of hydrogen-bond acceptors (Lipinski definition) is 7. The van der Waals surface area contributed by atoms with Gasteiger partial charge in [0.05, 0.1) is 24.0 Å². The predicted octanol–water partition coefficient (Wildman–Crippen LogP) is 1.53. The van der Waals surface area contributed by atoms with Crippen LogP contribution in [0.15, 0.2) is 35.2 Å². The molecule has 1 aliphatic rings. The first-order valence-electron chi connectivity index (χ1n) is 6.89. The maximum absolute atomic E-state index is 5.66. The van der Waals surface area contributed by atoms with Gasteiger partial charge in [0, 0.05) is 37.1 Å². The minimum atomic E-state index is 0.0511. The van der Waals surface area contributed by atoms with Gasteiger partial charge in [0.25, 0.3) is 0 Å². The molecule has 3 N–H and O–H groups in total. The Hall–Kier alpha value is -1.93. The molecule has 7 nitrogen and oxygen atoms in total. The van der Waals surface area contributed by atoms with E-state index in [-0.39, 0.29) is 18.1 Å². The number of hydrogen-bond donors (Lipinski definition) is 2. The van der Waals surface area contributed by atoms with E-state index < -0.39 is 0 Å². The molecule has 2 atom stereocenters. The summed E-state index contributed by atoms with van der Waals surface area (Å²) < 4.78 is 6.53. The van der Waals surface area contributed by atoms with Crippen molar-refractivity contribution in [3.8, 4) is 0 Å². The molecule has 116 valence electrons. The van der Waals surface area contributed by atoms with Crippen LogP contribution < -0.4 is 16.0 Å². The van der Waals surface area contributed by atoms with Crippen molar-refractivity contribution in [1.29, 1.82) is 0 Å². The predicted molar refractivity (Wildman–Crippen MR) is 88.8 cm³/mol. The lowest BCUT2D eigenvalue weighted by Crippen LogP contribution is -2.33. The van der Waals surface area contributed by atoms with E-state index in [2.05, 4.69) is 41.1 Å². The Bertz CT molecular complexity index is 655. The molecule has 0 radical (unpaired) electrons. The van der Waals surface area contributed by atoms with Gasteiger partial charge in [-0.25, -0.2) is 4.98 Å². The van der Waals surface area contributed by atoms with Gasteiger partial charge >= 0.3 is 0 Å². The second-order valence-corrected chi connectivity index (χ2v) is 6.01. The van der Waals surface area contributed by atoms with Crippen LogP contribution in [-0.2, 0) is 4.74 Å². The molecule has 0 amide bonds. The SMILES string of the molecule is CO[C@@H]1CN(c2ccnc(N)n2)C[C@@H]1Nc1cncc(Br)c1. The van der Waals surface area contributed by atoms with E-state index in [0.29, 0.717) is 0 Å².